The van der Waals surface area contributed by atoms with Gasteiger partial charge in [-0.3, -0.25) is 4.90 Å². The van der Waals surface area contributed by atoms with E-state index in [-0.39, 0.29) is 11.5 Å². The summed E-state index contributed by atoms with van der Waals surface area (Å²) in [6.07, 6.45) is 4.95. The van der Waals surface area contributed by atoms with E-state index in [1.54, 1.807) is 0 Å². The van der Waals surface area contributed by atoms with E-state index in [1.165, 1.54) is 19.3 Å². The Balaban J connectivity index is 1.79. The van der Waals surface area contributed by atoms with Crippen LogP contribution in [0.25, 0.3) is 0 Å². The highest BCUT2D eigenvalue weighted by Gasteiger charge is 2.61. The van der Waals surface area contributed by atoms with Gasteiger partial charge in [0.05, 0.1) is 25.2 Å². The number of nitriles is 1. The molecule has 0 N–H and O–H groups in total. The molecule has 3 aliphatic rings. The van der Waals surface area contributed by atoms with Gasteiger partial charge in [0, 0.05) is 18.6 Å². The van der Waals surface area contributed by atoms with E-state index in [9.17, 15) is 5.26 Å². The second kappa shape index (κ2) is 5.00. The van der Waals surface area contributed by atoms with E-state index >= 15 is 0 Å². The van der Waals surface area contributed by atoms with Crippen LogP contribution in [0.1, 0.15) is 46.5 Å². The van der Waals surface area contributed by atoms with Gasteiger partial charge in [-0.15, -0.1) is 0 Å². The topological polar surface area (TPSA) is 36.3 Å². The molecule has 1 aliphatic heterocycles. The Morgan fingerprint density at radius 2 is 1.90 bits per heavy atom. The van der Waals surface area contributed by atoms with Crippen molar-refractivity contribution in [3.63, 3.8) is 0 Å². The van der Waals surface area contributed by atoms with Gasteiger partial charge in [0.1, 0.15) is 0 Å². The molecule has 112 valence electrons. The summed E-state index contributed by atoms with van der Waals surface area (Å²) in [5.41, 5.74) is 0.606. The van der Waals surface area contributed by atoms with Crippen LogP contribution in [0.5, 0.6) is 0 Å². The molecule has 3 heteroatoms. The third kappa shape index (κ3) is 2.09. The number of ether oxygens (including phenoxy) is 1. The first-order chi connectivity index (χ1) is 9.48. The van der Waals surface area contributed by atoms with Crippen LogP contribution in [0.15, 0.2) is 0 Å². The molecule has 0 amide bonds. The molecule has 3 nitrogen and oxygen atoms in total. The molecule has 0 aromatic heterocycles. The fraction of sp³-hybridized carbons (Fsp3) is 0.941. The Kier molecular flexibility index (Phi) is 3.59. The van der Waals surface area contributed by atoms with Crippen molar-refractivity contribution in [3.8, 4) is 6.07 Å². The van der Waals surface area contributed by atoms with Gasteiger partial charge in [-0.2, -0.15) is 5.26 Å². The van der Waals surface area contributed by atoms with E-state index in [2.05, 4.69) is 31.7 Å². The summed E-state index contributed by atoms with van der Waals surface area (Å²) in [7, 11) is 0. The molecule has 0 aromatic carbocycles. The first kappa shape index (κ1) is 14.4. The summed E-state index contributed by atoms with van der Waals surface area (Å²) < 4.78 is 5.51. The van der Waals surface area contributed by atoms with E-state index in [0.29, 0.717) is 5.41 Å². The Morgan fingerprint density at radius 3 is 2.45 bits per heavy atom. The van der Waals surface area contributed by atoms with Gasteiger partial charge < -0.3 is 4.74 Å². The Labute approximate surface area is 123 Å². The SMILES string of the molecule is CC(C)(C)[C@H]1CC[C@@]2(N3CCOCC3)[C@@H](C1)C[C@@H]2C#N. The lowest BCUT2D eigenvalue weighted by Crippen LogP contribution is -2.69. The number of hydrogen-bond acceptors (Lipinski definition) is 3. The maximum absolute atomic E-state index is 9.54. The summed E-state index contributed by atoms with van der Waals surface area (Å²) in [6, 6.07) is 2.61. The zero-order chi connectivity index (χ0) is 14.4. The summed E-state index contributed by atoms with van der Waals surface area (Å²) in [5.74, 6) is 1.82. The van der Waals surface area contributed by atoms with Crippen molar-refractivity contribution in [2.75, 3.05) is 26.3 Å². The average Bonchev–Trinajstić information content (AvgIpc) is 2.40. The molecule has 2 aliphatic carbocycles. The van der Waals surface area contributed by atoms with Gasteiger partial charge in [0.2, 0.25) is 0 Å². The van der Waals surface area contributed by atoms with Crippen LogP contribution in [-0.2, 0) is 4.74 Å². The molecule has 0 spiro atoms. The van der Waals surface area contributed by atoms with Crippen molar-refractivity contribution in [1.82, 2.24) is 4.90 Å². The Hall–Kier alpha value is -0.590. The molecule has 3 rings (SSSR count). The lowest BCUT2D eigenvalue weighted by Gasteiger charge is -2.64. The minimum atomic E-state index is 0.195. The molecule has 0 radical (unpaired) electrons. The van der Waals surface area contributed by atoms with E-state index in [1.807, 2.05) is 0 Å². The van der Waals surface area contributed by atoms with Crippen molar-refractivity contribution < 1.29 is 4.74 Å². The van der Waals surface area contributed by atoms with Crippen molar-refractivity contribution >= 4 is 0 Å². The van der Waals surface area contributed by atoms with Crippen LogP contribution in [0.3, 0.4) is 0 Å². The van der Waals surface area contributed by atoms with Crippen molar-refractivity contribution in [3.05, 3.63) is 0 Å². The van der Waals surface area contributed by atoms with E-state index < -0.39 is 0 Å². The average molecular weight is 276 g/mol. The number of nitrogens with zero attached hydrogens (tertiary/aromatic N) is 2. The largest absolute Gasteiger partial charge is 0.379 e. The zero-order valence-corrected chi connectivity index (χ0v) is 13.2. The van der Waals surface area contributed by atoms with Crippen LogP contribution in [0, 0.1) is 34.5 Å². The molecule has 4 atom stereocenters. The zero-order valence-electron chi connectivity index (χ0n) is 13.2. The number of morpholine rings is 1. The third-order valence-electron chi connectivity index (χ3n) is 6.27. The van der Waals surface area contributed by atoms with Crippen molar-refractivity contribution in [2.45, 2.75) is 52.0 Å². The summed E-state index contributed by atoms with van der Waals surface area (Å²) in [6.45, 7) is 10.9. The standard InChI is InChI=1S/C17H28N2O/c1-16(2,3)13-4-5-17(19-6-8-20-9-7-19)14(10-13)11-15(17)12-18/h13-15H,4-11H2,1-3H3/t13-,14-,15+,17+/m0/s1. The minimum Gasteiger partial charge on any atom is -0.379 e. The molecule has 0 bridgehead atoms. The molecular weight excluding hydrogens is 248 g/mol. The second-order valence-corrected chi connectivity index (χ2v) is 8.04. The Bertz CT molecular complexity index is 402. The highest BCUT2D eigenvalue weighted by Crippen LogP contribution is 2.59. The monoisotopic (exact) mass is 276 g/mol. The summed E-state index contributed by atoms with van der Waals surface area (Å²) >= 11 is 0. The predicted molar refractivity (Wildman–Crippen MR) is 79.1 cm³/mol. The fourth-order valence-corrected chi connectivity index (χ4v) is 4.93. The van der Waals surface area contributed by atoms with E-state index in [0.717, 1.165) is 44.6 Å². The van der Waals surface area contributed by atoms with Gasteiger partial charge >= 0.3 is 0 Å². The van der Waals surface area contributed by atoms with Crippen molar-refractivity contribution in [2.24, 2.45) is 23.2 Å². The molecular formula is C17H28N2O. The normalized spacial score (nSPS) is 42.4. The van der Waals surface area contributed by atoms with Crippen LogP contribution in [-0.4, -0.2) is 36.7 Å². The minimum absolute atomic E-state index is 0.195. The maximum Gasteiger partial charge on any atom is 0.0675 e. The second-order valence-electron chi connectivity index (χ2n) is 8.04. The molecule has 20 heavy (non-hydrogen) atoms. The molecule has 0 unspecified atom stereocenters. The molecule has 2 saturated carbocycles. The van der Waals surface area contributed by atoms with Gasteiger partial charge in [0.25, 0.3) is 0 Å². The molecule has 0 aromatic rings. The van der Waals surface area contributed by atoms with E-state index in [4.69, 9.17) is 4.74 Å². The predicted octanol–water partition coefficient (Wildman–Crippen LogP) is 3.06. The first-order valence-electron chi connectivity index (χ1n) is 8.21. The van der Waals surface area contributed by atoms with Gasteiger partial charge in [-0.05, 0) is 42.9 Å². The highest BCUT2D eigenvalue weighted by molar-refractivity contribution is 5.19. The third-order valence-corrected chi connectivity index (χ3v) is 6.27. The van der Waals surface area contributed by atoms with Gasteiger partial charge in [0.15, 0.2) is 0 Å². The fourth-order valence-electron chi connectivity index (χ4n) is 4.93. The molecule has 3 fully saturated rings. The van der Waals surface area contributed by atoms with Crippen molar-refractivity contribution in [1.29, 1.82) is 5.26 Å². The van der Waals surface area contributed by atoms with Gasteiger partial charge in [-0.25, -0.2) is 0 Å². The Morgan fingerprint density at radius 1 is 1.20 bits per heavy atom. The molecule has 1 heterocycles. The lowest BCUT2D eigenvalue weighted by atomic mass is 9.48. The summed E-state index contributed by atoms with van der Waals surface area (Å²) in [4.78, 5) is 2.61. The number of rotatable bonds is 1. The van der Waals surface area contributed by atoms with Crippen LogP contribution in [0.4, 0.5) is 0 Å². The number of hydrogen-bond donors (Lipinski definition) is 0. The lowest BCUT2D eigenvalue weighted by molar-refractivity contribution is -0.152. The van der Waals surface area contributed by atoms with Crippen LogP contribution >= 0.6 is 0 Å². The first-order valence-corrected chi connectivity index (χ1v) is 8.21. The number of fused-ring (bicyclic) bond motifs is 1. The van der Waals surface area contributed by atoms with Crippen LogP contribution in [0.2, 0.25) is 0 Å². The highest BCUT2D eigenvalue weighted by atomic mass is 16.5. The van der Waals surface area contributed by atoms with Crippen LogP contribution < -0.4 is 0 Å². The van der Waals surface area contributed by atoms with Gasteiger partial charge in [-0.1, -0.05) is 20.8 Å². The molecule has 1 saturated heterocycles. The smallest absolute Gasteiger partial charge is 0.0675 e. The quantitative estimate of drug-likeness (QED) is 0.738. The maximum atomic E-state index is 9.54. The summed E-state index contributed by atoms with van der Waals surface area (Å²) in [5, 5.41) is 9.54.